The summed E-state index contributed by atoms with van der Waals surface area (Å²) in [5.74, 6) is 1.75. The average Bonchev–Trinajstić information content (AvgIpc) is 3.15. The monoisotopic (exact) mass is 652 g/mol. The molecule has 4 aliphatic carbocycles. The fourth-order valence-electron chi connectivity index (χ4n) is 13.0. The highest BCUT2D eigenvalue weighted by Gasteiger charge is 2.56. The van der Waals surface area contributed by atoms with Crippen LogP contribution in [0.15, 0.2) is 133 Å². The third-order valence-electron chi connectivity index (χ3n) is 14.4. The molecule has 0 amide bonds. The third-order valence-corrected chi connectivity index (χ3v) is 14.4. The number of benzene rings is 5. The van der Waals surface area contributed by atoms with Crippen molar-refractivity contribution in [2.24, 2.45) is 11.8 Å². The van der Waals surface area contributed by atoms with Crippen LogP contribution in [0.2, 0.25) is 0 Å². The lowest BCUT2D eigenvalue weighted by Crippen LogP contribution is -2.63. The standard InChI is InChI=1S/C48H48N2/c1-3-14-39(15-4-1)47-27-33-20-43(29-47)49(44(21-33)30-47)41-18-8-12-37(25-41)35-10-7-11-36(24-35)38-13-9-19-42(26-38)50-45-22-34-23-46(50)32-48(28-34,31-45)40-16-5-2-6-17-40/h1-19,24-26,33-34,43-46H,20-23,27-32H2. The second-order valence-electron chi connectivity index (χ2n) is 17.3. The molecule has 0 N–H and O–H groups in total. The Kier molecular flexibility index (Phi) is 6.53. The van der Waals surface area contributed by atoms with E-state index in [9.17, 15) is 0 Å². The molecular formula is C48H48N2. The van der Waals surface area contributed by atoms with Crippen molar-refractivity contribution in [2.45, 2.75) is 99.2 Å². The Morgan fingerprint density at radius 2 is 0.720 bits per heavy atom. The summed E-state index contributed by atoms with van der Waals surface area (Å²) in [4.78, 5) is 5.68. The molecule has 4 atom stereocenters. The number of hydrogen-bond acceptors (Lipinski definition) is 2. The predicted octanol–water partition coefficient (Wildman–Crippen LogP) is 11.2. The van der Waals surface area contributed by atoms with Gasteiger partial charge in [-0.15, -0.1) is 0 Å². The van der Waals surface area contributed by atoms with Gasteiger partial charge in [-0.1, -0.05) is 103 Å². The molecule has 4 saturated carbocycles. The molecular weight excluding hydrogens is 605 g/mol. The number of rotatable bonds is 6. The van der Waals surface area contributed by atoms with Crippen molar-refractivity contribution in [3.05, 3.63) is 145 Å². The number of piperidine rings is 4. The molecule has 4 saturated heterocycles. The Morgan fingerprint density at radius 3 is 1.12 bits per heavy atom. The molecule has 4 heterocycles. The molecule has 4 aliphatic heterocycles. The van der Waals surface area contributed by atoms with Crippen LogP contribution in [0.5, 0.6) is 0 Å². The van der Waals surface area contributed by atoms with E-state index in [4.69, 9.17) is 0 Å². The number of hydrogen-bond donors (Lipinski definition) is 0. The largest absolute Gasteiger partial charge is 0.365 e. The van der Waals surface area contributed by atoms with Crippen molar-refractivity contribution in [3.63, 3.8) is 0 Å². The first-order chi connectivity index (χ1) is 24.6. The van der Waals surface area contributed by atoms with Crippen molar-refractivity contribution < 1.29 is 0 Å². The van der Waals surface area contributed by atoms with E-state index in [1.165, 1.54) is 97.8 Å². The molecule has 5 aromatic carbocycles. The Bertz CT molecular complexity index is 1870. The Morgan fingerprint density at radius 1 is 0.360 bits per heavy atom. The van der Waals surface area contributed by atoms with Crippen LogP contribution in [-0.4, -0.2) is 24.2 Å². The quantitative estimate of drug-likeness (QED) is 0.180. The van der Waals surface area contributed by atoms with Crippen LogP contribution in [0, 0.1) is 11.8 Å². The SMILES string of the molecule is c1ccc(C23CC4CC(C2)N(c2cccc(-c5cccc(-c6cccc(N7C8CC9CC7CC(c7ccccc7)(C9)C8)c6)c5)c2)C(C4)C3)cc1. The van der Waals surface area contributed by atoms with Gasteiger partial charge in [0.2, 0.25) is 0 Å². The van der Waals surface area contributed by atoms with Gasteiger partial charge in [0, 0.05) is 35.5 Å². The van der Waals surface area contributed by atoms with Crippen LogP contribution in [0.1, 0.15) is 75.3 Å². The molecule has 0 spiro atoms. The van der Waals surface area contributed by atoms with E-state index < -0.39 is 0 Å². The van der Waals surface area contributed by atoms with Crippen molar-refractivity contribution in [3.8, 4) is 22.3 Å². The summed E-state index contributed by atoms with van der Waals surface area (Å²) in [6.07, 6.45) is 13.4. The molecule has 8 fully saturated rings. The first-order valence-electron chi connectivity index (χ1n) is 19.6. The molecule has 0 radical (unpaired) electrons. The van der Waals surface area contributed by atoms with Crippen molar-refractivity contribution in [1.29, 1.82) is 0 Å². The normalized spacial score (nSPS) is 33.3. The van der Waals surface area contributed by atoms with E-state index in [1.807, 2.05) is 0 Å². The zero-order chi connectivity index (χ0) is 32.9. The summed E-state index contributed by atoms with van der Waals surface area (Å²) < 4.78 is 0. The molecule has 8 bridgehead atoms. The Hall–Kier alpha value is -4.30. The Balaban J connectivity index is 0.866. The second-order valence-corrected chi connectivity index (χ2v) is 17.3. The van der Waals surface area contributed by atoms with Crippen LogP contribution in [0.3, 0.4) is 0 Å². The van der Waals surface area contributed by atoms with Crippen LogP contribution in [0.25, 0.3) is 22.3 Å². The fourth-order valence-corrected chi connectivity index (χ4v) is 13.0. The molecule has 4 unspecified atom stereocenters. The lowest BCUT2D eigenvalue weighted by Gasteiger charge is -2.62. The van der Waals surface area contributed by atoms with Gasteiger partial charge in [-0.05, 0) is 151 Å². The number of anilines is 2. The molecule has 8 aliphatic rings. The zero-order valence-corrected chi connectivity index (χ0v) is 29.1. The summed E-state index contributed by atoms with van der Waals surface area (Å²) in [6.45, 7) is 0. The first kappa shape index (κ1) is 29.4. The summed E-state index contributed by atoms with van der Waals surface area (Å²) in [6, 6.07) is 53.9. The van der Waals surface area contributed by atoms with Crippen LogP contribution >= 0.6 is 0 Å². The van der Waals surface area contributed by atoms with Gasteiger partial charge in [0.05, 0.1) is 0 Å². The molecule has 2 nitrogen and oxygen atoms in total. The predicted molar refractivity (Wildman–Crippen MR) is 207 cm³/mol. The van der Waals surface area contributed by atoms with Gasteiger partial charge in [-0.3, -0.25) is 0 Å². The summed E-state index contributed by atoms with van der Waals surface area (Å²) in [5, 5.41) is 0. The van der Waals surface area contributed by atoms with E-state index in [2.05, 4.69) is 143 Å². The molecule has 2 heteroatoms. The summed E-state index contributed by atoms with van der Waals surface area (Å²) in [7, 11) is 0. The lowest BCUT2D eigenvalue weighted by molar-refractivity contribution is 0.0598. The lowest BCUT2D eigenvalue weighted by atomic mass is 9.53. The zero-order valence-electron chi connectivity index (χ0n) is 29.1. The van der Waals surface area contributed by atoms with Crippen molar-refractivity contribution >= 4 is 11.4 Å². The van der Waals surface area contributed by atoms with Crippen LogP contribution in [-0.2, 0) is 10.8 Å². The molecule has 5 aromatic rings. The highest BCUT2D eigenvalue weighted by atomic mass is 15.2. The molecule has 250 valence electrons. The smallest absolute Gasteiger partial charge is 0.0377 e. The van der Waals surface area contributed by atoms with E-state index >= 15 is 0 Å². The van der Waals surface area contributed by atoms with E-state index in [0.29, 0.717) is 35.0 Å². The maximum atomic E-state index is 2.84. The summed E-state index contributed by atoms with van der Waals surface area (Å²) in [5.41, 5.74) is 12.1. The van der Waals surface area contributed by atoms with Gasteiger partial charge >= 0.3 is 0 Å². The van der Waals surface area contributed by atoms with Gasteiger partial charge in [-0.2, -0.15) is 0 Å². The van der Waals surface area contributed by atoms with Gasteiger partial charge in [0.1, 0.15) is 0 Å². The highest BCUT2D eigenvalue weighted by Crippen LogP contribution is 2.59. The van der Waals surface area contributed by atoms with Gasteiger partial charge in [0.15, 0.2) is 0 Å². The van der Waals surface area contributed by atoms with Gasteiger partial charge < -0.3 is 9.80 Å². The highest BCUT2D eigenvalue weighted by molar-refractivity contribution is 5.77. The fraction of sp³-hybridized carbons (Fsp3) is 0.375. The Labute approximate surface area is 298 Å². The van der Waals surface area contributed by atoms with E-state index in [-0.39, 0.29) is 0 Å². The minimum Gasteiger partial charge on any atom is -0.365 e. The summed E-state index contributed by atoms with van der Waals surface area (Å²) >= 11 is 0. The third kappa shape index (κ3) is 4.59. The minimum absolute atomic E-state index is 0.380. The van der Waals surface area contributed by atoms with E-state index in [0.717, 1.165) is 11.8 Å². The van der Waals surface area contributed by atoms with Gasteiger partial charge in [0.25, 0.3) is 0 Å². The van der Waals surface area contributed by atoms with Crippen molar-refractivity contribution in [2.75, 3.05) is 9.80 Å². The van der Waals surface area contributed by atoms with Crippen LogP contribution in [0.4, 0.5) is 11.4 Å². The first-order valence-corrected chi connectivity index (χ1v) is 19.6. The maximum absolute atomic E-state index is 2.84. The van der Waals surface area contributed by atoms with Crippen molar-refractivity contribution in [1.82, 2.24) is 0 Å². The average molecular weight is 653 g/mol. The number of nitrogens with zero attached hydrogens (tertiary/aromatic N) is 2. The van der Waals surface area contributed by atoms with Crippen LogP contribution < -0.4 is 9.80 Å². The van der Waals surface area contributed by atoms with Gasteiger partial charge in [-0.25, -0.2) is 0 Å². The molecule has 0 aromatic heterocycles. The molecule has 13 rings (SSSR count). The van der Waals surface area contributed by atoms with E-state index in [1.54, 1.807) is 11.1 Å². The second kappa shape index (κ2) is 11.1. The molecule has 50 heavy (non-hydrogen) atoms. The minimum atomic E-state index is 0.380. The maximum Gasteiger partial charge on any atom is 0.0377 e. The topological polar surface area (TPSA) is 6.48 Å².